The zero-order chi connectivity index (χ0) is 15.1. The minimum absolute atomic E-state index is 0.348. The quantitative estimate of drug-likeness (QED) is 0.613. The predicted octanol–water partition coefficient (Wildman–Crippen LogP) is 4.04. The van der Waals surface area contributed by atoms with Gasteiger partial charge in [-0.2, -0.15) is 13.2 Å². The van der Waals surface area contributed by atoms with E-state index in [-0.39, 0.29) is 25.7 Å². The van der Waals surface area contributed by atoms with Gasteiger partial charge in [0.1, 0.15) is 0 Å². The van der Waals surface area contributed by atoms with Crippen LogP contribution in [-0.2, 0) is 5.60 Å². The van der Waals surface area contributed by atoms with E-state index in [2.05, 4.69) is 0 Å². The Labute approximate surface area is 111 Å². The van der Waals surface area contributed by atoms with E-state index < -0.39 is 40.7 Å². The molecule has 1 N–H and O–H groups in total. The highest BCUT2D eigenvalue weighted by atomic mass is 19.4. The zero-order valence-corrected chi connectivity index (χ0v) is 10.3. The van der Waals surface area contributed by atoms with E-state index in [1.165, 1.54) is 0 Å². The topological polar surface area (TPSA) is 20.2 Å². The van der Waals surface area contributed by atoms with Crippen LogP contribution in [0.2, 0.25) is 0 Å². The molecule has 0 atom stereocenters. The van der Waals surface area contributed by atoms with Gasteiger partial charge in [0, 0.05) is 5.56 Å². The third-order valence-electron chi connectivity index (χ3n) is 3.81. The fourth-order valence-electron chi connectivity index (χ4n) is 2.58. The largest absolute Gasteiger partial charge is 0.391 e. The molecule has 0 unspecified atom stereocenters. The summed E-state index contributed by atoms with van der Waals surface area (Å²) in [6.07, 6.45) is -5.82. The summed E-state index contributed by atoms with van der Waals surface area (Å²) >= 11 is 0. The van der Waals surface area contributed by atoms with Gasteiger partial charge in [-0.25, -0.2) is 13.2 Å². The van der Waals surface area contributed by atoms with Crippen molar-refractivity contribution in [1.29, 1.82) is 0 Å². The molecule has 0 aliphatic heterocycles. The van der Waals surface area contributed by atoms with Gasteiger partial charge in [0.05, 0.1) is 11.5 Å². The van der Waals surface area contributed by atoms with Crippen molar-refractivity contribution < 1.29 is 31.4 Å². The van der Waals surface area contributed by atoms with Crippen molar-refractivity contribution >= 4 is 0 Å². The Bertz CT molecular complexity index is 502. The predicted molar refractivity (Wildman–Crippen MR) is 58.2 cm³/mol. The molecule has 1 fully saturated rings. The van der Waals surface area contributed by atoms with Crippen molar-refractivity contribution in [2.75, 3.05) is 0 Å². The molecule has 112 valence electrons. The van der Waals surface area contributed by atoms with Gasteiger partial charge < -0.3 is 5.11 Å². The zero-order valence-electron chi connectivity index (χ0n) is 10.3. The number of rotatable bonds is 1. The molecule has 1 saturated carbocycles. The van der Waals surface area contributed by atoms with Gasteiger partial charge in [-0.1, -0.05) is 6.07 Å². The van der Waals surface area contributed by atoms with Gasteiger partial charge in [0.15, 0.2) is 17.5 Å². The summed E-state index contributed by atoms with van der Waals surface area (Å²) in [6, 6.07) is 1.53. The van der Waals surface area contributed by atoms with Crippen molar-refractivity contribution in [1.82, 2.24) is 0 Å². The number of hydrogen-bond acceptors (Lipinski definition) is 1. The molecule has 20 heavy (non-hydrogen) atoms. The second-order valence-electron chi connectivity index (χ2n) is 5.07. The second kappa shape index (κ2) is 4.95. The van der Waals surface area contributed by atoms with E-state index in [1.807, 2.05) is 0 Å². The first-order chi connectivity index (χ1) is 9.15. The lowest BCUT2D eigenvalue weighted by molar-refractivity contribution is -0.193. The Kier molecular flexibility index (Phi) is 3.75. The molecule has 0 aromatic heterocycles. The summed E-state index contributed by atoms with van der Waals surface area (Å²) in [7, 11) is 0. The van der Waals surface area contributed by atoms with Crippen LogP contribution in [0.5, 0.6) is 0 Å². The van der Waals surface area contributed by atoms with Crippen LogP contribution in [0.4, 0.5) is 26.3 Å². The van der Waals surface area contributed by atoms with Crippen LogP contribution < -0.4 is 0 Å². The first-order valence-corrected chi connectivity index (χ1v) is 6.08. The molecule has 0 saturated heterocycles. The van der Waals surface area contributed by atoms with Crippen LogP contribution in [0.1, 0.15) is 31.2 Å². The molecule has 0 bridgehead atoms. The number of hydrogen-bond donors (Lipinski definition) is 1. The van der Waals surface area contributed by atoms with E-state index in [9.17, 15) is 31.4 Å². The van der Waals surface area contributed by atoms with Crippen LogP contribution in [-0.4, -0.2) is 11.3 Å². The normalized spacial score (nSPS) is 27.6. The third-order valence-corrected chi connectivity index (χ3v) is 3.81. The van der Waals surface area contributed by atoms with Crippen molar-refractivity contribution in [3.63, 3.8) is 0 Å². The van der Waals surface area contributed by atoms with Gasteiger partial charge in [0.2, 0.25) is 0 Å². The Morgan fingerprint density at radius 1 is 1.00 bits per heavy atom. The molecule has 1 aliphatic rings. The molecule has 7 heteroatoms. The number of aliphatic hydroxyl groups is 1. The molecule has 0 amide bonds. The van der Waals surface area contributed by atoms with Gasteiger partial charge in [-0.05, 0) is 31.7 Å². The van der Waals surface area contributed by atoms with Crippen LogP contribution in [0.25, 0.3) is 0 Å². The highest BCUT2D eigenvalue weighted by molar-refractivity contribution is 5.27. The standard InChI is InChI=1S/C13H12F6O/c14-9-2-1-8(10(15)11(9)16)12(20)5-3-7(4-6-12)13(17,18)19/h1-2,7,20H,3-6H2. The lowest BCUT2D eigenvalue weighted by Gasteiger charge is -2.37. The summed E-state index contributed by atoms with van der Waals surface area (Å²) in [5.74, 6) is -6.23. The molecule has 1 aromatic rings. The summed E-state index contributed by atoms with van der Waals surface area (Å²) in [4.78, 5) is 0. The Morgan fingerprint density at radius 3 is 2.05 bits per heavy atom. The molecular weight excluding hydrogens is 286 g/mol. The van der Waals surface area contributed by atoms with E-state index in [0.29, 0.717) is 6.07 Å². The fraction of sp³-hybridized carbons (Fsp3) is 0.538. The minimum atomic E-state index is -4.37. The Hall–Kier alpha value is -1.24. The molecule has 2 rings (SSSR count). The van der Waals surface area contributed by atoms with E-state index in [1.54, 1.807) is 0 Å². The molecular formula is C13H12F6O. The first-order valence-electron chi connectivity index (χ1n) is 6.08. The second-order valence-corrected chi connectivity index (χ2v) is 5.07. The lowest BCUT2D eigenvalue weighted by Crippen LogP contribution is -2.37. The highest BCUT2D eigenvalue weighted by Crippen LogP contribution is 2.45. The van der Waals surface area contributed by atoms with Gasteiger partial charge in [0.25, 0.3) is 0 Å². The maximum atomic E-state index is 13.6. The molecule has 0 radical (unpaired) electrons. The number of alkyl halides is 3. The maximum Gasteiger partial charge on any atom is 0.391 e. The SMILES string of the molecule is OC1(c2ccc(F)c(F)c2F)CCC(C(F)(F)F)CC1. The smallest absolute Gasteiger partial charge is 0.385 e. The average molecular weight is 298 g/mol. The summed E-state index contributed by atoms with van der Waals surface area (Å²) in [6.45, 7) is 0. The van der Waals surface area contributed by atoms with Gasteiger partial charge in [-0.3, -0.25) is 0 Å². The Balaban J connectivity index is 2.25. The van der Waals surface area contributed by atoms with Crippen LogP contribution in [0.3, 0.4) is 0 Å². The fourth-order valence-corrected chi connectivity index (χ4v) is 2.58. The molecule has 0 spiro atoms. The third kappa shape index (κ3) is 2.63. The summed E-state index contributed by atoms with van der Waals surface area (Å²) in [5, 5.41) is 10.2. The molecule has 1 aromatic carbocycles. The first kappa shape index (κ1) is 15.2. The monoisotopic (exact) mass is 298 g/mol. The molecule has 1 nitrogen and oxygen atoms in total. The lowest BCUT2D eigenvalue weighted by atomic mass is 9.75. The number of halogens is 6. The van der Waals surface area contributed by atoms with Crippen LogP contribution in [0, 0.1) is 23.4 Å². The number of benzene rings is 1. The molecule has 1 aliphatic carbocycles. The molecule has 0 heterocycles. The van der Waals surface area contributed by atoms with Crippen molar-refractivity contribution in [3.05, 3.63) is 35.1 Å². The highest BCUT2D eigenvalue weighted by Gasteiger charge is 2.46. The minimum Gasteiger partial charge on any atom is -0.385 e. The van der Waals surface area contributed by atoms with E-state index in [4.69, 9.17) is 0 Å². The van der Waals surface area contributed by atoms with Crippen LogP contribution in [0.15, 0.2) is 12.1 Å². The van der Waals surface area contributed by atoms with Gasteiger partial charge >= 0.3 is 6.18 Å². The maximum absolute atomic E-state index is 13.6. The van der Waals surface area contributed by atoms with Gasteiger partial charge in [-0.15, -0.1) is 0 Å². The Morgan fingerprint density at radius 2 is 1.55 bits per heavy atom. The summed E-state index contributed by atoms with van der Waals surface area (Å²) < 4.78 is 77.2. The van der Waals surface area contributed by atoms with Crippen molar-refractivity contribution in [3.8, 4) is 0 Å². The van der Waals surface area contributed by atoms with E-state index >= 15 is 0 Å². The summed E-state index contributed by atoms with van der Waals surface area (Å²) in [5.41, 5.74) is -2.38. The van der Waals surface area contributed by atoms with E-state index in [0.717, 1.165) is 6.07 Å². The van der Waals surface area contributed by atoms with Crippen LogP contribution >= 0.6 is 0 Å². The van der Waals surface area contributed by atoms with Crippen molar-refractivity contribution in [2.24, 2.45) is 5.92 Å². The van der Waals surface area contributed by atoms with Crippen molar-refractivity contribution in [2.45, 2.75) is 37.5 Å². The average Bonchev–Trinajstić information content (AvgIpc) is 2.35.